The van der Waals surface area contributed by atoms with Crippen molar-refractivity contribution in [2.45, 2.75) is 0 Å². The molecule has 0 aliphatic heterocycles. The minimum atomic E-state index is 0.599. The van der Waals surface area contributed by atoms with Crippen LogP contribution in [0.3, 0.4) is 0 Å². The van der Waals surface area contributed by atoms with Crippen molar-refractivity contribution in [3.8, 4) is 45.3 Å². The number of para-hydroxylation sites is 1. The highest BCUT2D eigenvalue weighted by atomic mass is 16.3. The molecule has 0 radical (unpaired) electrons. The fourth-order valence-electron chi connectivity index (χ4n) is 7.25. The van der Waals surface area contributed by atoms with Crippen molar-refractivity contribution in [1.82, 2.24) is 15.0 Å². The Morgan fingerprint density at radius 1 is 0.347 bits per heavy atom. The number of hydrogen-bond donors (Lipinski definition) is 0. The lowest BCUT2D eigenvalue weighted by Crippen LogP contribution is -2.01. The number of hydrogen-bond acceptors (Lipinski definition) is 4. The highest BCUT2D eigenvalue weighted by molar-refractivity contribution is 6.22. The monoisotopic (exact) mass is 625 g/mol. The van der Waals surface area contributed by atoms with Crippen LogP contribution < -0.4 is 0 Å². The van der Waals surface area contributed by atoms with E-state index in [0.29, 0.717) is 17.5 Å². The standard InChI is InChI=1S/C45H27N3O/c1-3-13-28(14-4-1)34-25-26-37(41-36-21-11-12-22-39(36)49-42(34)41)44-46-43(30-16-5-2-6-17-30)47-45(48-44)38-27-31-18-8-9-19-32(31)35-24-23-29-15-7-10-20-33(29)40(35)38/h1-27H. The molecule has 0 aliphatic rings. The second kappa shape index (κ2) is 11.0. The average Bonchev–Trinajstić information content (AvgIpc) is 3.57. The normalized spacial score (nSPS) is 11.7. The van der Waals surface area contributed by atoms with Crippen molar-refractivity contribution in [2.24, 2.45) is 0 Å². The first-order valence-corrected chi connectivity index (χ1v) is 16.5. The molecule has 4 heteroatoms. The van der Waals surface area contributed by atoms with Crippen molar-refractivity contribution >= 4 is 54.3 Å². The van der Waals surface area contributed by atoms with Gasteiger partial charge < -0.3 is 4.42 Å². The molecule has 0 saturated heterocycles. The summed E-state index contributed by atoms with van der Waals surface area (Å²) in [7, 11) is 0. The summed E-state index contributed by atoms with van der Waals surface area (Å²) < 4.78 is 6.61. The highest BCUT2D eigenvalue weighted by Crippen LogP contribution is 2.43. The van der Waals surface area contributed by atoms with Gasteiger partial charge in [0.2, 0.25) is 0 Å². The first-order valence-electron chi connectivity index (χ1n) is 16.5. The quantitative estimate of drug-likeness (QED) is 0.183. The molecule has 8 aromatic carbocycles. The van der Waals surface area contributed by atoms with E-state index >= 15 is 0 Å². The third kappa shape index (κ3) is 4.42. The van der Waals surface area contributed by atoms with E-state index < -0.39 is 0 Å². The van der Waals surface area contributed by atoms with Crippen LogP contribution in [0.1, 0.15) is 0 Å². The third-order valence-corrected chi connectivity index (χ3v) is 9.51. The van der Waals surface area contributed by atoms with Crippen LogP contribution in [0.2, 0.25) is 0 Å². The predicted octanol–water partition coefficient (Wildman–Crippen LogP) is 11.9. The van der Waals surface area contributed by atoms with Gasteiger partial charge in [-0.2, -0.15) is 0 Å². The summed E-state index contributed by atoms with van der Waals surface area (Å²) in [5, 5.41) is 8.99. The summed E-state index contributed by atoms with van der Waals surface area (Å²) in [5.41, 5.74) is 6.56. The smallest absolute Gasteiger partial charge is 0.164 e. The Morgan fingerprint density at radius 3 is 1.73 bits per heavy atom. The van der Waals surface area contributed by atoms with Crippen molar-refractivity contribution in [3.63, 3.8) is 0 Å². The lowest BCUT2D eigenvalue weighted by atomic mass is 9.92. The maximum absolute atomic E-state index is 6.61. The van der Waals surface area contributed by atoms with Crippen LogP contribution in [-0.4, -0.2) is 15.0 Å². The third-order valence-electron chi connectivity index (χ3n) is 9.51. The van der Waals surface area contributed by atoms with E-state index in [-0.39, 0.29) is 0 Å². The molecule has 10 rings (SSSR count). The maximum Gasteiger partial charge on any atom is 0.164 e. The van der Waals surface area contributed by atoms with Crippen LogP contribution in [0.25, 0.3) is 99.5 Å². The Labute approximate surface area is 282 Å². The zero-order valence-electron chi connectivity index (χ0n) is 26.3. The van der Waals surface area contributed by atoms with Crippen LogP contribution in [0.5, 0.6) is 0 Å². The molecule has 0 bridgehead atoms. The first kappa shape index (κ1) is 27.5. The molecule has 0 saturated carbocycles. The molecule has 49 heavy (non-hydrogen) atoms. The molecular formula is C45H27N3O. The number of nitrogens with zero attached hydrogens (tertiary/aromatic N) is 3. The Kier molecular flexibility index (Phi) is 6.15. The zero-order valence-corrected chi connectivity index (χ0v) is 26.3. The van der Waals surface area contributed by atoms with Gasteiger partial charge in [0.05, 0.1) is 0 Å². The Morgan fingerprint density at radius 2 is 0.939 bits per heavy atom. The van der Waals surface area contributed by atoms with Gasteiger partial charge in [0.1, 0.15) is 11.2 Å². The largest absolute Gasteiger partial charge is 0.455 e. The van der Waals surface area contributed by atoms with Gasteiger partial charge in [-0.25, -0.2) is 15.0 Å². The highest BCUT2D eigenvalue weighted by Gasteiger charge is 2.22. The number of aromatic nitrogens is 3. The van der Waals surface area contributed by atoms with Gasteiger partial charge >= 0.3 is 0 Å². The van der Waals surface area contributed by atoms with Crippen LogP contribution in [0.15, 0.2) is 168 Å². The molecule has 228 valence electrons. The molecule has 0 N–H and O–H groups in total. The van der Waals surface area contributed by atoms with E-state index in [1.54, 1.807) is 0 Å². The van der Waals surface area contributed by atoms with Crippen molar-refractivity contribution < 1.29 is 4.42 Å². The SMILES string of the molecule is c1ccc(-c2nc(-c3ccc(-c4ccccc4)c4oc5ccccc5c34)nc(-c3cc4ccccc4c4ccc5ccccc5c34)n2)cc1. The van der Waals surface area contributed by atoms with Crippen molar-refractivity contribution in [1.29, 1.82) is 0 Å². The number of furan rings is 1. The molecule has 0 fully saturated rings. The number of rotatable bonds is 4. The summed E-state index contributed by atoms with van der Waals surface area (Å²) in [6.45, 7) is 0. The van der Waals surface area contributed by atoms with Crippen LogP contribution in [0, 0.1) is 0 Å². The fraction of sp³-hybridized carbons (Fsp3) is 0. The van der Waals surface area contributed by atoms with Gasteiger partial charge in [-0.3, -0.25) is 0 Å². The molecule has 0 atom stereocenters. The molecular weight excluding hydrogens is 599 g/mol. The van der Waals surface area contributed by atoms with Gasteiger partial charge in [-0.15, -0.1) is 0 Å². The van der Waals surface area contributed by atoms with E-state index in [2.05, 4.69) is 127 Å². The Hall–Kier alpha value is -6.65. The summed E-state index contributed by atoms with van der Waals surface area (Å²) in [6, 6.07) is 56.8. The Bertz CT molecular complexity index is 2880. The summed E-state index contributed by atoms with van der Waals surface area (Å²) in [4.78, 5) is 15.7. The van der Waals surface area contributed by atoms with E-state index in [4.69, 9.17) is 19.4 Å². The molecule has 2 heterocycles. The fourth-order valence-corrected chi connectivity index (χ4v) is 7.25. The molecule has 4 nitrogen and oxygen atoms in total. The number of fused-ring (bicyclic) bond motifs is 8. The van der Waals surface area contributed by atoms with E-state index in [1.165, 1.54) is 21.5 Å². The van der Waals surface area contributed by atoms with Crippen LogP contribution in [0.4, 0.5) is 0 Å². The van der Waals surface area contributed by atoms with Crippen molar-refractivity contribution in [3.05, 3.63) is 164 Å². The van der Waals surface area contributed by atoms with Gasteiger partial charge in [0, 0.05) is 38.4 Å². The maximum atomic E-state index is 6.61. The van der Waals surface area contributed by atoms with Gasteiger partial charge in [-0.1, -0.05) is 140 Å². The van der Waals surface area contributed by atoms with Crippen LogP contribution in [-0.2, 0) is 0 Å². The molecule has 0 amide bonds. The molecule has 0 spiro atoms. The molecule has 2 aromatic heterocycles. The van der Waals surface area contributed by atoms with Gasteiger partial charge in [0.15, 0.2) is 17.5 Å². The lowest BCUT2D eigenvalue weighted by Gasteiger charge is -2.15. The molecule has 10 aromatic rings. The molecule has 0 aliphatic carbocycles. The predicted molar refractivity (Wildman–Crippen MR) is 201 cm³/mol. The first-order chi connectivity index (χ1) is 24.3. The van der Waals surface area contributed by atoms with E-state index in [1.807, 2.05) is 36.4 Å². The van der Waals surface area contributed by atoms with Crippen LogP contribution >= 0.6 is 0 Å². The van der Waals surface area contributed by atoms with Gasteiger partial charge in [0.25, 0.3) is 0 Å². The molecule has 0 unspecified atom stereocenters. The topological polar surface area (TPSA) is 51.8 Å². The Balaban J connectivity index is 1.32. The van der Waals surface area contributed by atoms with E-state index in [9.17, 15) is 0 Å². The minimum absolute atomic E-state index is 0.599. The van der Waals surface area contributed by atoms with Crippen molar-refractivity contribution in [2.75, 3.05) is 0 Å². The summed E-state index contributed by atoms with van der Waals surface area (Å²) >= 11 is 0. The van der Waals surface area contributed by atoms with Gasteiger partial charge in [-0.05, 0) is 56.8 Å². The lowest BCUT2D eigenvalue weighted by molar-refractivity contribution is 0.670. The average molecular weight is 626 g/mol. The van der Waals surface area contributed by atoms with E-state index in [0.717, 1.165) is 60.5 Å². The summed E-state index contributed by atoms with van der Waals surface area (Å²) in [5.74, 6) is 1.85. The second-order valence-corrected chi connectivity index (χ2v) is 12.4. The minimum Gasteiger partial charge on any atom is -0.455 e. The zero-order chi connectivity index (χ0) is 32.3. The summed E-state index contributed by atoms with van der Waals surface area (Å²) in [6.07, 6.45) is 0. The number of benzene rings is 8. The second-order valence-electron chi connectivity index (χ2n) is 12.4.